The molecule has 3 aromatic carbocycles. The molecule has 0 aliphatic carbocycles. The minimum absolute atomic E-state index is 0.0259. The molecular weight excluding hydrogens is 484 g/mol. The molecule has 0 saturated heterocycles. The highest BCUT2D eigenvalue weighted by molar-refractivity contribution is 6.02. The zero-order chi connectivity index (χ0) is 26.5. The molecule has 0 spiro atoms. The first-order valence-corrected chi connectivity index (χ1v) is 11.4. The van der Waals surface area contributed by atoms with Crippen molar-refractivity contribution in [3.63, 3.8) is 0 Å². The van der Waals surface area contributed by atoms with E-state index in [4.69, 9.17) is 28.4 Å². The Labute approximate surface area is 213 Å². The third kappa shape index (κ3) is 5.44. The molecule has 0 radical (unpaired) electrons. The number of carbonyl (C=O) groups excluding carboxylic acids is 1. The molecule has 0 saturated carbocycles. The number of aromatic hydroxyl groups is 2. The second-order valence-corrected chi connectivity index (χ2v) is 8.21. The van der Waals surface area contributed by atoms with E-state index < -0.39 is 12.2 Å². The third-order valence-corrected chi connectivity index (χ3v) is 5.82. The number of aliphatic hydroxyl groups excluding tert-OH is 1. The van der Waals surface area contributed by atoms with Crippen LogP contribution in [0.25, 0.3) is 0 Å². The molecule has 1 aliphatic heterocycles. The second kappa shape index (κ2) is 11.2. The number of benzene rings is 3. The van der Waals surface area contributed by atoms with Gasteiger partial charge in [-0.15, -0.1) is 0 Å². The van der Waals surface area contributed by atoms with Crippen molar-refractivity contribution in [3.8, 4) is 46.0 Å². The van der Waals surface area contributed by atoms with Gasteiger partial charge in [-0.2, -0.15) is 0 Å². The van der Waals surface area contributed by atoms with Crippen LogP contribution in [0.4, 0.5) is 0 Å². The van der Waals surface area contributed by atoms with Crippen LogP contribution in [0.3, 0.4) is 0 Å². The molecule has 2 atom stereocenters. The maximum Gasteiger partial charge on any atom is 0.203 e. The number of ether oxygens (including phenoxy) is 6. The number of para-hydroxylation sites is 2. The molecular formula is C27H28O10. The molecule has 37 heavy (non-hydrogen) atoms. The van der Waals surface area contributed by atoms with Crippen molar-refractivity contribution in [1.82, 2.24) is 0 Å². The molecule has 1 aliphatic rings. The summed E-state index contributed by atoms with van der Waals surface area (Å²) < 4.78 is 34.1. The Morgan fingerprint density at radius 3 is 2.22 bits per heavy atom. The molecule has 0 aromatic heterocycles. The zero-order valence-electron chi connectivity index (χ0n) is 20.6. The topological polar surface area (TPSA) is 133 Å². The van der Waals surface area contributed by atoms with E-state index in [1.165, 1.54) is 27.4 Å². The Bertz CT molecular complexity index is 1250. The molecule has 4 rings (SSSR count). The Hall–Kier alpha value is -4.31. The van der Waals surface area contributed by atoms with Crippen molar-refractivity contribution in [2.75, 3.05) is 34.5 Å². The molecule has 2 unspecified atom stereocenters. The first-order chi connectivity index (χ1) is 17.9. The molecule has 0 amide bonds. The van der Waals surface area contributed by atoms with Crippen LogP contribution in [-0.2, 0) is 0 Å². The number of hydrogen-bond acceptors (Lipinski definition) is 10. The fourth-order valence-corrected chi connectivity index (χ4v) is 4.04. The van der Waals surface area contributed by atoms with E-state index in [1.807, 2.05) is 0 Å². The smallest absolute Gasteiger partial charge is 0.203 e. The number of methoxy groups -OCH3 is 3. The Morgan fingerprint density at radius 1 is 0.946 bits per heavy atom. The molecule has 1 heterocycles. The van der Waals surface area contributed by atoms with Crippen LogP contribution in [0.2, 0.25) is 0 Å². The SMILES string of the molecule is COc1ccccc1OC(CO)COc1c(OC)cc(C2CC(=O)c3c(O)cc(O)cc3O2)cc1OC. The largest absolute Gasteiger partial charge is 0.508 e. The summed E-state index contributed by atoms with van der Waals surface area (Å²) in [5.74, 6) is 1.05. The van der Waals surface area contributed by atoms with Gasteiger partial charge in [-0.25, -0.2) is 0 Å². The van der Waals surface area contributed by atoms with Crippen molar-refractivity contribution in [2.45, 2.75) is 18.6 Å². The Kier molecular flexibility index (Phi) is 7.78. The monoisotopic (exact) mass is 512 g/mol. The van der Waals surface area contributed by atoms with Gasteiger partial charge in [0.2, 0.25) is 5.75 Å². The minimum Gasteiger partial charge on any atom is -0.508 e. The van der Waals surface area contributed by atoms with Crippen LogP contribution >= 0.6 is 0 Å². The van der Waals surface area contributed by atoms with Gasteiger partial charge in [0.25, 0.3) is 0 Å². The number of aliphatic hydroxyl groups is 1. The fraction of sp³-hybridized carbons (Fsp3) is 0.296. The van der Waals surface area contributed by atoms with Gasteiger partial charge in [0.15, 0.2) is 34.9 Å². The second-order valence-electron chi connectivity index (χ2n) is 8.21. The predicted octanol–water partition coefficient (Wildman–Crippen LogP) is 3.65. The predicted molar refractivity (Wildman–Crippen MR) is 132 cm³/mol. The number of phenolic OH excluding ortho intramolecular Hbond substituents is 2. The Morgan fingerprint density at radius 2 is 1.59 bits per heavy atom. The van der Waals surface area contributed by atoms with Crippen molar-refractivity contribution in [3.05, 3.63) is 59.7 Å². The average molecular weight is 513 g/mol. The standard InChI is InChI=1S/C27H28O10/c1-32-20-6-4-5-7-21(20)36-17(13-28)14-35-27-24(33-2)8-15(9-25(27)34-3)22-12-19(31)26-18(30)10-16(29)11-23(26)37-22/h4-11,17,22,28-30H,12-14H2,1-3H3. The first kappa shape index (κ1) is 25.8. The normalized spacial score (nSPS) is 15.2. The van der Waals surface area contributed by atoms with Crippen molar-refractivity contribution >= 4 is 5.78 Å². The fourth-order valence-electron chi connectivity index (χ4n) is 4.04. The first-order valence-electron chi connectivity index (χ1n) is 11.4. The minimum atomic E-state index is -0.725. The van der Waals surface area contributed by atoms with Gasteiger partial charge in [0, 0.05) is 17.7 Å². The van der Waals surface area contributed by atoms with E-state index in [2.05, 4.69) is 0 Å². The van der Waals surface area contributed by atoms with E-state index in [1.54, 1.807) is 36.4 Å². The van der Waals surface area contributed by atoms with Crippen LogP contribution in [0.5, 0.6) is 46.0 Å². The lowest BCUT2D eigenvalue weighted by atomic mass is 9.95. The highest BCUT2D eigenvalue weighted by Crippen LogP contribution is 2.45. The highest BCUT2D eigenvalue weighted by atomic mass is 16.6. The summed E-state index contributed by atoms with van der Waals surface area (Å²) in [6, 6.07) is 12.7. The van der Waals surface area contributed by atoms with E-state index in [-0.39, 0.29) is 54.0 Å². The number of hydrogen-bond donors (Lipinski definition) is 3. The summed E-state index contributed by atoms with van der Waals surface area (Å²) in [6.07, 6.45) is -1.49. The summed E-state index contributed by atoms with van der Waals surface area (Å²) in [6.45, 7) is -0.358. The number of Topliss-reactive ketones (excluding diaryl/α,β-unsaturated/α-hetero) is 1. The van der Waals surface area contributed by atoms with E-state index in [0.717, 1.165) is 6.07 Å². The summed E-state index contributed by atoms with van der Waals surface area (Å²) >= 11 is 0. The number of carbonyl (C=O) groups is 1. The molecule has 3 aromatic rings. The molecule has 10 nitrogen and oxygen atoms in total. The summed E-state index contributed by atoms with van der Waals surface area (Å²) in [7, 11) is 4.44. The molecule has 3 N–H and O–H groups in total. The van der Waals surface area contributed by atoms with Gasteiger partial charge in [-0.05, 0) is 24.3 Å². The van der Waals surface area contributed by atoms with E-state index in [0.29, 0.717) is 28.6 Å². The number of phenols is 2. The van der Waals surface area contributed by atoms with Gasteiger partial charge in [0.1, 0.15) is 35.5 Å². The van der Waals surface area contributed by atoms with Gasteiger partial charge in [-0.3, -0.25) is 4.79 Å². The molecule has 196 valence electrons. The van der Waals surface area contributed by atoms with Crippen molar-refractivity contribution < 1.29 is 48.5 Å². The summed E-state index contributed by atoms with van der Waals surface area (Å²) in [5, 5.41) is 29.7. The van der Waals surface area contributed by atoms with Crippen molar-refractivity contribution in [2.24, 2.45) is 0 Å². The van der Waals surface area contributed by atoms with Gasteiger partial charge >= 0.3 is 0 Å². The van der Waals surface area contributed by atoms with Crippen LogP contribution in [-0.4, -0.2) is 61.7 Å². The zero-order valence-corrected chi connectivity index (χ0v) is 20.6. The number of rotatable bonds is 10. The maximum atomic E-state index is 12.7. The number of ketones is 1. The quantitative estimate of drug-likeness (QED) is 0.370. The van der Waals surface area contributed by atoms with Gasteiger partial charge < -0.3 is 43.7 Å². The lowest BCUT2D eigenvalue weighted by Crippen LogP contribution is -2.29. The van der Waals surface area contributed by atoms with E-state index >= 15 is 0 Å². The van der Waals surface area contributed by atoms with Crippen LogP contribution in [0.15, 0.2) is 48.5 Å². The summed E-state index contributed by atoms with van der Waals surface area (Å²) in [5.41, 5.74) is 0.588. The molecule has 0 bridgehead atoms. The average Bonchev–Trinajstić information content (AvgIpc) is 2.89. The van der Waals surface area contributed by atoms with E-state index in [9.17, 15) is 20.1 Å². The lowest BCUT2D eigenvalue weighted by molar-refractivity contribution is 0.0675. The van der Waals surface area contributed by atoms with Crippen LogP contribution in [0, 0.1) is 0 Å². The molecule has 10 heteroatoms. The summed E-state index contributed by atoms with van der Waals surface area (Å²) in [4.78, 5) is 12.7. The van der Waals surface area contributed by atoms with Crippen LogP contribution < -0.4 is 28.4 Å². The highest BCUT2D eigenvalue weighted by Gasteiger charge is 2.32. The Balaban J connectivity index is 1.56. The maximum absolute atomic E-state index is 12.7. The number of fused-ring (bicyclic) bond motifs is 1. The van der Waals surface area contributed by atoms with Crippen molar-refractivity contribution in [1.29, 1.82) is 0 Å². The van der Waals surface area contributed by atoms with Gasteiger partial charge in [0.05, 0.1) is 34.4 Å². The molecule has 0 fully saturated rings. The third-order valence-electron chi connectivity index (χ3n) is 5.82. The van der Waals surface area contributed by atoms with Crippen LogP contribution in [0.1, 0.15) is 28.4 Å². The van der Waals surface area contributed by atoms with Gasteiger partial charge in [-0.1, -0.05) is 12.1 Å². The lowest BCUT2D eigenvalue weighted by Gasteiger charge is -2.27.